The van der Waals surface area contributed by atoms with Gasteiger partial charge >= 0.3 is 6.18 Å². The summed E-state index contributed by atoms with van der Waals surface area (Å²) in [6.07, 6.45) is -3.20. The molecule has 6 heteroatoms. The van der Waals surface area contributed by atoms with Gasteiger partial charge in [-0.2, -0.15) is 13.2 Å². The Morgan fingerprint density at radius 3 is 2.35 bits per heavy atom. The molecule has 2 aliphatic heterocycles. The fourth-order valence-corrected chi connectivity index (χ4v) is 3.42. The minimum absolute atomic E-state index is 0.0614. The molecule has 23 heavy (non-hydrogen) atoms. The van der Waals surface area contributed by atoms with Gasteiger partial charge in [0, 0.05) is 13.1 Å². The molecule has 0 atom stereocenters. The van der Waals surface area contributed by atoms with E-state index in [4.69, 9.17) is 4.74 Å². The summed E-state index contributed by atoms with van der Waals surface area (Å²) in [5, 5.41) is 0. The number of halogens is 3. The molecule has 0 spiro atoms. The summed E-state index contributed by atoms with van der Waals surface area (Å²) in [7, 11) is 0. The van der Waals surface area contributed by atoms with Crippen molar-refractivity contribution in [2.75, 3.05) is 26.3 Å². The second-order valence-electron chi connectivity index (χ2n) is 6.70. The maximum atomic E-state index is 13.1. The number of hydrogen-bond acceptors (Lipinski definition) is 2. The Morgan fingerprint density at radius 2 is 1.83 bits per heavy atom. The number of rotatable bonds is 2. The van der Waals surface area contributed by atoms with Crippen LogP contribution in [0, 0.1) is 5.41 Å². The SMILES string of the molecule is CC1(C(=O)N2CCC(c3ccccc3C(F)(F)F)CC2)COC1. The zero-order valence-electron chi connectivity index (χ0n) is 13.0. The van der Waals surface area contributed by atoms with Gasteiger partial charge in [-0.1, -0.05) is 18.2 Å². The highest BCUT2D eigenvalue weighted by Gasteiger charge is 2.44. The molecular formula is C17H20F3NO2. The summed E-state index contributed by atoms with van der Waals surface area (Å²) < 4.78 is 44.5. The third kappa shape index (κ3) is 3.09. The van der Waals surface area contributed by atoms with Gasteiger partial charge in [0.05, 0.1) is 24.2 Å². The quantitative estimate of drug-likeness (QED) is 0.833. The van der Waals surface area contributed by atoms with Crippen LogP contribution < -0.4 is 0 Å². The Hall–Kier alpha value is -1.56. The van der Waals surface area contributed by atoms with E-state index < -0.39 is 17.2 Å². The lowest BCUT2D eigenvalue weighted by molar-refractivity contribution is -0.169. The summed E-state index contributed by atoms with van der Waals surface area (Å²) in [5.74, 6) is -0.0892. The van der Waals surface area contributed by atoms with Crippen molar-refractivity contribution in [1.29, 1.82) is 0 Å². The summed E-state index contributed by atoms with van der Waals surface area (Å²) in [6, 6.07) is 5.77. The first-order valence-electron chi connectivity index (χ1n) is 7.84. The zero-order chi connectivity index (χ0) is 16.7. The molecule has 2 saturated heterocycles. The minimum Gasteiger partial charge on any atom is -0.379 e. The standard InChI is InChI=1S/C17H20F3NO2/c1-16(10-23-11-16)15(22)21-8-6-12(7-9-21)13-4-2-3-5-14(13)17(18,19)20/h2-5,12H,6-11H2,1H3. The molecular weight excluding hydrogens is 307 g/mol. The fraction of sp³-hybridized carbons (Fsp3) is 0.588. The van der Waals surface area contributed by atoms with Crippen molar-refractivity contribution in [2.24, 2.45) is 5.41 Å². The number of carbonyl (C=O) groups is 1. The van der Waals surface area contributed by atoms with E-state index in [1.54, 1.807) is 17.0 Å². The smallest absolute Gasteiger partial charge is 0.379 e. The van der Waals surface area contributed by atoms with E-state index in [0.717, 1.165) is 6.07 Å². The predicted octanol–water partition coefficient (Wildman–Crippen LogP) is 3.45. The third-order valence-corrected chi connectivity index (χ3v) is 4.85. The van der Waals surface area contributed by atoms with Crippen LogP contribution >= 0.6 is 0 Å². The first-order valence-corrected chi connectivity index (χ1v) is 7.84. The number of carbonyl (C=O) groups excluding carboxylic acids is 1. The van der Waals surface area contributed by atoms with Gasteiger partial charge in [-0.05, 0) is 37.3 Å². The largest absolute Gasteiger partial charge is 0.416 e. The Bertz CT molecular complexity index is 588. The first kappa shape index (κ1) is 16.3. The second kappa shape index (κ2) is 5.82. The number of ether oxygens (including phenoxy) is 1. The van der Waals surface area contributed by atoms with Crippen LogP contribution in [0.4, 0.5) is 13.2 Å². The van der Waals surface area contributed by atoms with Gasteiger partial charge in [0.15, 0.2) is 0 Å². The summed E-state index contributed by atoms with van der Waals surface area (Å²) in [6.45, 7) is 3.76. The summed E-state index contributed by atoms with van der Waals surface area (Å²) in [4.78, 5) is 14.2. The van der Waals surface area contributed by atoms with Crippen LogP contribution in [-0.4, -0.2) is 37.1 Å². The molecule has 1 aromatic rings. The number of alkyl halides is 3. The van der Waals surface area contributed by atoms with Crippen LogP contribution in [0.5, 0.6) is 0 Å². The highest BCUT2D eigenvalue weighted by molar-refractivity contribution is 5.83. The van der Waals surface area contributed by atoms with Crippen LogP contribution in [0.15, 0.2) is 24.3 Å². The van der Waals surface area contributed by atoms with Crippen LogP contribution in [0.3, 0.4) is 0 Å². The molecule has 0 radical (unpaired) electrons. The Balaban J connectivity index is 1.69. The van der Waals surface area contributed by atoms with Gasteiger partial charge in [-0.25, -0.2) is 0 Å². The van der Waals surface area contributed by atoms with Crippen LogP contribution in [0.2, 0.25) is 0 Å². The average Bonchev–Trinajstić information content (AvgIpc) is 2.51. The molecule has 2 heterocycles. The van der Waals surface area contributed by atoms with E-state index in [1.165, 1.54) is 6.07 Å². The molecule has 0 bridgehead atoms. The van der Waals surface area contributed by atoms with Crippen LogP contribution in [-0.2, 0) is 15.7 Å². The number of amides is 1. The molecule has 0 aromatic heterocycles. The fourth-order valence-electron chi connectivity index (χ4n) is 3.42. The maximum absolute atomic E-state index is 13.1. The highest BCUT2D eigenvalue weighted by atomic mass is 19.4. The molecule has 0 saturated carbocycles. The third-order valence-electron chi connectivity index (χ3n) is 4.85. The number of benzene rings is 1. The van der Waals surface area contributed by atoms with Gasteiger partial charge in [0.2, 0.25) is 5.91 Å². The lowest BCUT2D eigenvalue weighted by Crippen LogP contribution is -2.54. The molecule has 2 fully saturated rings. The van der Waals surface area contributed by atoms with Crippen molar-refractivity contribution in [3.05, 3.63) is 35.4 Å². The molecule has 0 unspecified atom stereocenters. The van der Waals surface area contributed by atoms with Crippen molar-refractivity contribution in [3.8, 4) is 0 Å². The lowest BCUT2D eigenvalue weighted by atomic mass is 9.83. The number of piperidine rings is 1. The normalized spacial score (nSPS) is 21.8. The van der Waals surface area contributed by atoms with Crippen LogP contribution in [0.25, 0.3) is 0 Å². The Kier molecular flexibility index (Phi) is 4.12. The lowest BCUT2D eigenvalue weighted by Gasteiger charge is -2.42. The predicted molar refractivity (Wildman–Crippen MR) is 78.9 cm³/mol. The van der Waals surface area contributed by atoms with Crippen molar-refractivity contribution in [2.45, 2.75) is 31.9 Å². The Labute approximate surface area is 133 Å². The molecule has 3 rings (SSSR count). The number of hydrogen-bond donors (Lipinski definition) is 0. The maximum Gasteiger partial charge on any atom is 0.416 e. The van der Waals surface area contributed by atoms with Gasteiger partial charge < -0.3 is 9.64 Å². The van der Waals surface area contributed by atoms with Crippen molar-refractivity contribution >= 4 is 5.91 Å². The monoisotopic (exact) mass is 327 g/mol. The molecule has 0 N–H and O–H groups in total. The molecule has 126 valence electrons. The van der Waals surface area contributed by atoms with Gasteiger partial charge in [0.1, 0.15) is 0 Å². The molecule has 2 aliphatic rings. The number of nitrogens with zero attached hydrogens (tertiary/aromatic N) is 1. The number of likely N-dealkylation sites (tertiary alicyclic amines) is 1. The van der Waals surface area contributed by atoms with E-state index in [0.29, 0.717) is 44.7 Å². The van der Waals surface area contributed by atoms with E-state index >= 15 is 0 Å². The highest BCUT2D eigenvalue weighted by Crippen LogP contribution is 2.39. The zero-order valence-corrected chi connectivity index (χ0v) is 13.0. The van der Waals surface area contributed by atoms with E-state index in [9.17, 15) is 18.0 Å². The minimum atomic E-state index is -4.33. The molecule has 3 nitrogen and oxygen atoms in total. The van der Waals surface area contributed by atoms with Gasteiger partial charge in [0.25, 0.3) is 0 Å². The van der Waals surface area contributed by atoms with Crippen molar-refractivity contribution in [1.82, 2.24) is 4.90 Å². The topological polar surface area (TPSA) is 29.5 Å². The Morgan fingerprint density at radius 1 is 1.22 bits per heavy atom. The van der Waals surface area contributed by atoms with Gasteiger partial charge in [-0.3, -0.25) is 4.79 Å². The van der Waals surface area contributed by atoms with Crippen LogP contribution in [0.1, 0.15) is 36.8 Å². The second-order valence-corrected chi connectivity index (χ2v) is 6.70. The van der Waals surface area contributed by atoms with Crippen molar-refractivity contribution < 1.29 is 22.7 Å². The molecule has 1 aromatic carbocycles. The van der Waals surface area contributed by atoms with E-state index in [1.807, 2.05) is 6.92 Å². The van der Waals surface area contributed by atoms with Crippen molar-refractivity contribution in [3.63, 3.8) is 0 Å². The van der Waals surface area contributed by atoms with Gasteiger partial charge in [-0.15, -0.1) is 0 Å². The molecule has 1 amide bonds. The summed E-state index contributed by atoms with van der Waals surface area (Å²) >= 11 is 0. The van der Waals surface area contributed by atoms with E-state index in [-0.39, 0.29) is 11.8 Å². The summed E-state index contributed by atoms with van der Waals surface area (Å²) in [5.41, 5.74) is -0.647. The molecule has 0 aliphatic carbocycles. The average molecular weight is 327 g/mol. The first-order chi connectivity index (χ1) is 10.8. The van der Waals surface area contributed by atoms with E-state index in [2.05, 4.69) is 0 Å².